The van der Waals surface area contributed by atoms with Crippen LogP contribution in [0.4, 0.5) is 0 Å². The Balaban J connectivity index is 2.10. The van der Waals surface area contributed by atoms with Crippen molar-refractivity contribution in [1.82, 2.24) is 20.3 Å². The van der Waals surface area contributed by atoms with E-state index in [4.69, 9.17) is 4.74 Å². The number of amides is 1. The van der Waals surface area contributed by atoms with Crippen molar-refractivity contribution < 1.29 is 9.53 Å². The van der Waals surface area contributed by atoms with Gasteiger partial charge in [-0.15, -0.1) is 5.10 Å². The van der Waals surface area contributed by atoms with Gasteiger partial charge < -0.3 is 10.1 Å². The van der Waals surface area contributed by atoms with Gasteiger partial charge in [-0.1, -0.05) is 26.0 Å². The zero-order valence-corrected chi connectivity index (χ0v) is 11.8. The predicted molar refractivity (Wildman–Crippen MR) is 70.2 cm³/mol. The van der Waals surface area contributed by atoms with E-state index in [2.05, 4.69) is 29.5 Å². The van der Waals surface area contributed by atoms with Gasteiger partial charge in [0.2, 0.25) is 5.91 Å². The molecule has 1 aromatic heterocycles. The van der Waals surface area contributed by atoms with E-state index < -0.39 is 0 Å². The Morgan fingerprint density at radius 1 is 1.53 bits per heavy atom. The van der Waals surface area contributed by atoms with Crippen LogP contribution in [-0.4, -0.2) is 33.5 Å². The van der Waals surface area contributed by atoms with Gasteiger partial charge in [0.05, 0.1) is 25.5 Å². The maximum Gasteiger partial charge on any atom is 0.223 e. The van der Waals surface area contributed by atoms with Crippen LogP contribution in [-0.2, 0) is 22.7 Å². The minimum absolute atomic E-state index is 0.0340. The lowest BCUT2D eigenvalue weighted by atomic mass is 10.0. The second kappa shape index (κ2) is 6.14. The van der Waals surface area contributed by atoms with Crippen LogP contribution in [0.5, 0.6) is 0 Å². The molecule has 6 nitrogen and oxygen atoms in total. The van der Waals surface area contributed by atoms with Crippen molar-refractivity contribution in [2.24, 2.45) is 11.8 Å². The molecule has 2 bridgehead atoms. The fourth-order valence-electron chi connectivity index (χ4n) is 1.99. The normalized spacial score (nSPS) is 25.6. The topological polar surface area (TPSA) is 69.0 Å². The molecular weight excluding hydrogens is 244 g/mol. The fraction of sp³-hybridized carbons (Fsp3) is 0.769. The summed E-state index contributed by atoms with van der Waals surface area (Å²) in [7, 11) is 0. The lowest BCUT2D eigenvalue weighted by molar-refractivity contribution is -0.126. The van der Waals surface area contributed by atoms with Crippen LogP contribution < -0.4 is 5.32 Å². The fourth-order valence-corrected chi connectivity index (χ4v) is 1.99. The summed E-state index contributed by atoms with van der Waals surface area (Å²) in [6, 6.07) is 0.0458. The number of rotatable bonds is 1. The number of fused-ring (bicyclic) bond motifs is 2. The van der Waals surface area contributed by atoms with Crippen molar-refractivity contribution in [3.63, 3.8) is 0 Å². The van der Waals surface area contributed by atoms with E-state index in [0.717, 1.165) is 12.1 Å². The largest absolute Gasteiger partial charge is 0.373 e. The van der Waals surface area contributed by atoms with Crippen LogP contribution in [0.2, 0.25) is 0 Å². The first kappa shape index (κ1) is 14.0. The van der Waals surface area contributed by atoms with Gasteiger partial charge in [0.1, 0.15) is 5.69 Å². The molecule has 1 aromatic rings. The Hall–Kier alpha value is -1.43. The number of carbonyl (C=O) groups is 1. The Morgan fingerprint density at radius 3 is 3.05 bits per heavy atom. The molecule has 19 heavy (non-hydrogen) atoms. The summed E-state index contributed by atoms with van der Waals surface area (Å²) in [4.78, 5) is 12.1. The number of aryl methyl sites for hydroxylation is 1. The maximum atomic E-state index is 12.1. The standard InChI is InChI=1S/C13H22N4O2/c1-9(2)12-8-19-7-11-6-17(16-15-11)5-4-10(3)13(18)14-12/h6,9-10,12H,4-5,7-8H2,1-3H3,(H,14,18)/t10-,12+/m1/s1. The second-order valence-electron chi connectivity index (χ2n) is 5.54. The number of nitrogens with one attached hydrogen (secondary N) is 1. The van der Waals surface area contributed by atoms with Gasteiger partial charge in [-0.25, -0.2) is 0 Å². The lowest BCUT2D eigenvalue weighted by Crippen LogP contribution is -2.44. The molecule has 0 aliphatic carbocycles. The molecule has 1 N–H and O–H groups in total. The molecule has 0 radical (unpaired) electrons. The first-order valence-electron chi connectivity index (χ1n) is 6.83. The van der Waals surface area contributed by atoms with E-state index in [0.29, 0.717) is 25.7 Å². The number of hydrogen-bond acceptors (Lipinski definition) is 4. The van der Waals surface area contributed by atoms with Crippen LogP contribution in [0.1, 0.15) is 32.9 Å². The van der Waals surface area contributed by atoms with Gasteiger partial charge in [0.25, 0.3) is 0 Å². The third kappa shape index (κ3) is 3.76. The van der Waals surface area contributed by atoms with Crippen LogP contribution >= 0.6 is 0 Å². The summed E-state index contributed by atoms with van der Waals surface area (Å²) >= 11 is 0. The average molecular weight is 266 g/mol. The molecule has 0 fully saturated rings. The molecule has 0 unspecified atom stereocenters. The zero-order chi connectivity index (χ0) is 13.8. The monoisotopic (exact) mass is 266 g/mol. The van der Waals surface area contributed by atoms with Gasteiger partial charge in [-0.3, -0.25) is 9.48 Å². The Labute approximate surface area is 113 Å². The third-order valence-corrected chi connectivity index (χ3v) is 3.50. The molecule has 0 aromatic carbocycles. The Kier molecular flexibility index (Phi) is 4.52. The minimum Gasteiger partial charge on any atom is -0.373 e. The predicted octanol–water partition coefficient (Wildman–Crippen LogP) is 0.975. The van der Waals surface area contributed by atoms with Crippen molar-refractivity contribution in [3.8, 4) is 0 Å². The van der Waals surface area contributed by atoms with E-state index in [9.17, 15) is 4.79 Å². The number of hydrogen-bond donors (Lipinski definition) is 1. The van der Waals surface area contributed by atoms with Crippen LogP contribution in [0.3, 0.4) is 0 Å². The number of ether oxygens (including phenoxy) is 1. The number of aromatic nitrogens is 3. The SMILES string of the molecule is CC(C)[C@@H]1COCc2cn(nn2)CC[C@@H](C)C(=O)N1. The zero-order valence-electron chi connectivity index (χ0n) is 11.8. The van der Waals surface area contributed by atoms with E-state index in [-0.39, 0.29) is 17.9 Å². The van der Waals surface area contributed by atoms with Gasteiger partial charge in [0, 0.05) is 12.5 Å². The summed E-state index contributed by atoms with van der Waals surface area (Å²) in [6.07, 6.45) is 2.65. The highest BCUT2D eigenvalue weighted by molar-refractivity contribution is 5.78. The highest BCUT2D eigenvalue weighted by Crippen LogP contribution is 2.10. The van der Waals surface area contributed by atoms with E-state index in [1.165, 1.54) is 0 Å². The molecule has 1 aliphatic heterocycles. The van der Waals surface area contributed by atoms with Gasteiger partial charge in [-0.05, 0) is 12.3 Å². The lowest BCUT2D eigenvalue weighted by Gasteiger charge is -2.24. The van der Waals surface area contributed by atoms with Gasteiger partial charge >= 0.3 is 0 Å². The summed E-state index contributed by atoms with van der Waals surface area (Å²) in [6.45, 7) is 7.75. The molecule has 2 atom stereocenters. The third-order valence-electron chi connectivity index (χ3n) is 3.50. The molecule has 2 rings (SSSR count). The number of carbonyl (C=O) groups excluding carboxylic acids is 1. The highest BCUT2D eigenvalue weighted by atomic mass is 16.5. The van der Waals surface area contributed by atoms with E-state index in [1.54, 1.807) is 4.68 Å². The molecule has 6 heteroatoms. The van der Waals surface area contributed by atoms with Crippen molar-refractivity contribution in [2.75, 3.05) is 6.61 Å². The van der Waals surface area contributed by atoms with Gasteiger partial charge in [-0.2, -0.15) is 0 Å². The smallest absolute Gasteiger partial charge is 0.223 e. The molecule has 0 saturated carbocycles. The molecule has 0 spiro atoms. The molecule has 0 saturated heterocycles. The molecule has 1 aliphatic rings. The van der Waals surface area contributed by atoms with Crippen molar-refractivity contribution in [2.45, 2.75) is 46.4 Å². The number of nitrogens with zero attached hydrogens (tertiary/aromatic N) is 3. The summed E-state index contributed by atoms with van der Waals surface area (Å²) in [5, 5.41) is 11.2. The first-order chi connectivity index (χ1) is 9.06. The summed E-state index contributed by atoms with van der Waals surface area (Å²) < 4.78 is 7.40. The van der Waals surface area contributed by atoms with E-state index in [1.807, 2.05) is 13.1 Å². The van der Waals surface area contributed by atoms with Crippen LogP contribution in [0.15, 0.2) is 6.20 Å². The summed E-state index contributed by atoms with van der Waals surface area (Å²) in [5.74, 6) is 0.395. The first-order valence-corrected chi connectivity index (χ1v) is 6.83. The minimum atomic E-state index is -0.0340. The van der Waals surface area contributed by atoms with Crippen molar-refractivity contribution in [3.05, 3.63) is 11.9 Å². The Morgan fingerprint density at radius 2 is 2.32 bits per heavy atom. The van der Waals surface area contributed by atoms with Crippen LogP contribution in [0.25, 0.3) is 0 Å². The van der Waals surface area contributed by atoms with Crippen molar-refractivity contribution in [1.29, 1.82) is 0 Å². The van der Waals surface area contributed by atoms with Crippen LogP contribution in [0, 0.1) is 11.8 Å². The Bertz CT molecular complexity index is 430. The van der Waals surface area contributed by atoms with Crippen molar-refractivity contribution >= 4 is 5.91 Å². The van der Waals surface area contributed by atoms with E-state index >= 15 is 0 Å². The molecule has 106 valence electrons. The summed E-state index contributed by atoms with van der Waals surface area (Å²) in [5.41, 5.74) is 0.835. The molecule has 2 heterocycles. The quantitative estimate of drug-likeness (QED) is 0.822. The highest BCUT2D eigenvalue weighted by Gasteiger charge is 2.21. The second-order valence-corrected chi connectivity index (χ2v) is 5.54. The van der Waals surface area contributed by atoms with Gasteiger partial charge in [0.15, 0.2) is 0 Å². The maximum absolute atomic E-state index is 12.1. The average Bonchev–Trinajstić information content (AvgIpc) is 2.81. The molecule has 1 amide bonds. The molecular formula is C13H22N4O2.